The highest BCUT2D eigenvalue weighted by Gasteiger charge is 2.55. The van der Waals surface area contributed by atoms with Crippen LogP contribution in [0.3, 0.4) is 0 Å². The van der Waals surface area contributed by atoms with E-state index < -0.39 is 122 Å². The van der Waals surface area contributed by atoms with Gasteiger partial charge in [0.25, 0.3) is 0 Å². The van der Waals surface area contributed by atoms with Gasteiger partial charge >= 0.3 is 47.8 Å². The molecule has 10 atom stereocenters. The zero-order valence-corrected chi connectivity index (χ0v) is 26.9. The Bertz CT molecular complexity index is 1200. The molecule has 19 nitrogen and oxygen atoms in total. The number of esters is 8. The van der Waals surface area contributed by atoms with Gasteiger partial charge in [0.2, 0.25) is 31.1 Å². The van der Waals surface area contributed by atoms with Crippen LogP contribution in [-0.2, 0) is 90.5 Å². The van der Waals surface area contributed by atoms with Crippen molar-refractivity contribution in [1.82, 2.24) is 0 Å². The molecule has 19 heteroatoms. The minimum atomic E-state index is -1.68. The summed E-state index contributed by atoms with van der Waals surface area (Å²) in [6.45, 7) is 7.26. The average Bonchev–Trinajstić information content (AvgIpc) is 2.89. The lowest BCUT2D eigenvalue weighted by Gasteiger charge is -2.45. The Kier molecular flexibility index (Phi) is 14.5. The molecule has 10 unspecified atom stereocenters. The van der Waals surface area contributed by atoms with Crippen LogP contribution in [0.5, 0.6) is 0 Å². The Morgan fingerprint density at radius 2 is 0.723 bits per heavy atom. The maximum absolute atomic E-state index is 12.1. The lowest BCUT2D eigenvalue weighted by atomic mass is 9.93. The molecule has 47 heavy (non-hydrogen) atoms. The predicted molar refractivity (Wildman–Crippen MR) is 145 cm³/mol. The van der Waals surface area contributed by atoms with E-state index in [1.54, 1.807) is 0 Å². The van der Waals surface area contributed by atoms with Gasteiger partial charge in [-0.2, -0.15) is 0 Å². The standard InChI is InChI=1S/C28H38O19/c1-11(29)38-21-19(26(43-16(6)34)47-28(45-18(8)36)24(21)41-14(4)32)9-37-10-20-22(39-12(2)30)23(40-13(3)31)25(42-15(5)33)27(46-20)44-17(7)35/h19-28H,9-10H2,1-8H3. The van der Waals surface area contributed by atoms with Crippen LogP contribution in [0.1, 0.15) is 55.4 Å². The minimum absolute atomic E-state index is 0.517. The lowest BCUT2D eigenvalue weighted by molar-refractivity contribution is -0.331. The molecule has 2 heterocycles. The molecule has 0 aromatic heterocycles. The third kappa shape index (κ3) is 12.1. The van der Waals surface area contributed by atoms with Gasteiger partial charge in [0.15, 0.2) is 18.3 Å². The van der Waals surface area contributed by atoms with E-state index in [0.29, 0.717) is 0 Å². The number of carbonyl (C=O) groups is 8. The van der Waals surface area contributed by atoms with Crippen LogP contribution in [0.2, 0.25) is 0 Å². The van der Waals surface area contributed by atoms with Crippen LogP contribution in [0, 0.1) is 5.92 Å². The molecule has 2 aliphatic rings. The summed E-state index contributed by atoms with van der Waals surface area (Å²) in [6, 6.07) is 0. The molecule has 2 saturated heterocycles. The fourth-order valence-corrected chi connectivity index (χ4v) is 4.80. The molecule has 0 aromatic rings. The first-order valence-electron chi connectivity index (χ1n) is 14.2. The van der Waals surface area contributed by atoms with E-state index in [9.17, 15) is 38.4 Å². The van der Waals surface area contributed by atoms with Gasteiger partial charge in [-0.15, -0.1) is 0 Å². The van der Waals surface area contributed by atoms with Crippen LogP contribution < -0.4 is 0 Å². The zero-order chi connectivity index (χ0) is 35.6. The van der Waals surface area contributed by atoms with Gasteiger partial charge in [-0.25, -0.2) is 0 Å². The van der Waals surface area contributed by atoms with Crippen molar-refractivity contribution < 1.29 is 90.5 Å². The minimum Gasteiger partial charge on any atom is -0.458 e. The second-order valence-electron chi connectivity index (χ2n) is 10.3. The summed E-state index contributed by atoms with van der Waals surface area (Å²) >= 11 is 0. The molecule has 2 aliphatic heterocycles. The van der Waals surface area contributed by atoms with Crippen LogP contribution in [0.4, 0.5) is 0 Å². The molecule has 2 rings (SSSR count). The maximum atomic E-state index is 12.1. The van der Waals surface area contributed by atoms with Gasteiger partial charge in [0.1, 0.15) is 6.10 Å². The smallest absolute Gasteiger partial charge is 0.305 e. The first-order chi connectivity index (χ1) is 21.9. The van der Waals surface area contributed by atoms with E-state index in [0.717, 1.165) is 55.4 Å². The quantitative estimate of drug-likeness (QED) is 0.184. The van der Waals surface area contributed by atoms with Gasteiger partial charge in [-0.3, -0.25) is 43.1 Å². The van der Waals surface area contributed by atoms with Crippen LogP contribution >= 0.6 is 0 Å². The van der Waals surface area contributed by atoms with Gasteiger partial charge in [-0.1, -0.05) is 0 Å². The molecule has 0 amide bonds. The zero-order valence-electron chi connectivity index (χ0n) is 26.9. The van der Waals surface area contributed by atoms with Crippen molar-refractivity contribution >= 4 is 47.8 Å². The lowest BCUT2D eigenvalue weighted by Crippen LogP contribution is -2.63. The second-order valence-corrected chi connectivity index (χ2v) is 10.3. The summed E-state index contributed by atoms with van der Waals surface area (Å²) in [6.07, 6.45) is -14.0. The average molecular weight is 679 g/mol. The molecule has 0 spiro atoms. The fourth-order valence-electron chi connectivity index (χ4n) is 4.80. The van der Waals surface area contributed by atoms with E-state index >= 15 is 0 Å². The van der Waals surface area contributed by atoms with Crippen molar-refractivity contribution in [3.8, 4) is 0 Å². The van der Waals surface area contributed by atoms with E-state index in [2.05, 4.69) is 0 Å². The molecule has 0 saturated carbocycles. The Morgan fingerprint density at radius 1 is 0.383 bits per heavy atom. The number of hydrogen-bond donors (Lipinski definition) is 0. The predicted octanol–water partition coefficient (Wildman–Crippen LogP) is -0.626. The van der Waals surface area contributed by atoms with Crippen molar-refractivity contribution in [2.45, 2.75) is 111 Å². The number of ether oxygens (including phenoxy) is 11. The highest BCUT2D eigenvalue weighted by molar-refractivity contribution is 5.70. The van der Waals surface area contributed by atoms with Crippen LogP contribution in [0.25, 0.3) is 0 Å². The van der Waals surface area contributed by atoms with E-state index in [-0.39, 0.29) is 0 Å². The van der Waals surface area contributed by atoms with Crippen LogP contribution in [-0.4, -0.2) is 116 Å². The Hall–Kier alpha value is -4.36. The number of rotatable bonds is 12. The Labute approximate surface area is 268 Å². The molecule has 0 N–H and O–H groups in total. The van der Waals surface area contributed by atoms with Crippen molar-refractivity contribution in [1.29, 1.82) is 0 Å². The van der Waals surface area contributed by atoms with E-state index in [1.807, 2.05) is 0 Å². The van der Waals surface area contributed by atoms with E-state index in [1.165, 1.54) is 0 Å². The van der Waals surface area contributed by atoms with Crippen molar-refractivity contribution in [2.24, 2.45) is 5.92 Å². The van der Waals surface area contributed by atoms with Gasteiger partial charge in [0.05, 0.1) is 19.1 Å². The highest BCUT2D eigenvalue weighted by atomic mass is 16.8. The maximum Gasteiger partial charge on any atom is 0.305 e. The molecule has 0 aliphatic carbocycles. The third-order valence-electron chi connectivity index (χ3n) is 6.17. The molecule has 0 aromatic carbocycles. The van der Waals surface area contributed by atoms with Gasteiger partial charge < -0.3 is 47.4 Å². The summed E-state index contributed by atoms with van der Waals surface area (Å²) < 4.78 is 59.4. The molecular weight excluding hydrogens is 640 g/mol. The van der Waals surface area contributed by atoms with Crippen LogP contribution in [0.15, 0.2) is 0 Å². The van der Waals surface area contributed by atoms with Crippen molar-refractivity contribution in [2.75, 3.05) is 13.2 Å². The highest BCUT2D eigenvalue weighted by Crippen LogP contribution is 2.34. The number of carbonyl (C=O) groups excluding carboxylic acids is 8. The van der Waals surface area contributed by atoms with Crippen molar-refractivity contribution in [3.05, 3.63) is 0 Å². The van der Waals surface area contributed by atoms with Crippen molar-refractivity contribution in [3.63, 3.8) is 0 Å². The van der Waals surface area contributed by atoms with E-state index in [4.69, 9.17) is 52.1 Å². The second kappa shape index (κ2) is 17.5. The summed E-state index contributed by atoms with van der Waals surface area (Å²) in [5.41, 5.74) is 0. The third-order valence-corrected chi connectivity index (χ3v) is 6.17. The Morgan fingerprint density at radius 3 is 1.17 bits per heavy atom. The summed E-state index contributed by atoms with van der Waals surface area (Å²) in [4.78, 5) is 95.7. The summed E-state index contributed by atoms with van der Waals surface area (Å²) in [5, 5.41) is 0. The van der Waals surface area contributed by atoms with Gasteiger partial charge in [0, 0.05) is 55.4 Å². The van der Waals surface area contributed by atoms with Gasteiger partial charge in [-0.05, 0) is 0 Å². The monoisotopic (exact) mass is 678 g/mol. The summed E-state index contributed by atoms with van der Waals surface area (Å²) in [7, 11) is 0. The first kappa shape index (κ1) is 38.8. The molecule has 264 valence electrons. The molecular formula is C28H38O19. The first-order valence-corrected chi connectivity index (χ1v) is 14.2. The molecule has 2 fully saturated rings. The molecule has 0 bridgehead atoms. The normalized spacial score (nSPS) is 30.0. The largest absolute Gasteiger partial charge is 0.458 e. The fraction of sp³-hybridized carbons (Fsp3) is 0.714. The summed E-state index contributed by atoms with van der Waals surface area (Å²) in [5.74, 6) is -8.19. The number of hydrogen-bond acceptors (Lipinski definition) is 19. The molecule has 0 radical (unpaired) electrons. The Balaban J connectivity index is 2.48. The topological polar surface area (TPSA) is 238 Å². The SMILES string of the molecule is CC(=O)OC1OC(OC(C)=O)C(OC(C)=O)C(OC(C)=O)C1COCC1OC(OC(C)=O)C(OC(C)=O)C(OC(C)=O)C1OC(C)=O.